The lowest BCUT2D eigenvalue weighted by Crippen LogP contribution is -2.30. The fourth-order valence-electron chi connectivity index (χ4n) is 3.52. The molecular weight excluding hydrogens is 275 g/mol. The van der Waals surface area contributed by atoms with Gasteiger partial charge < -0.3 is 5.11 Å². The maximum atomic E-state index is 10.3. The summed E-state index contributed by atoms with van der Waals surface area (Å²) in [5.41, 5.74) is 0.516. The lowest BCUT2D eigenvalue weighted by molar-refractivity contribution is 0.133. The molecule has 2 heteroatoms. The van der Waals surface area contributed by atoms with Crippen LogP contribution in [0.4, 0.5) is 0 Å². The normalized spacial score (nSPS) is 23.4. The van der Waals surface area contributed by atoms with Crippen LogP contribution in [0.3, 0.4) is 0 Å². The first-order chi connectivity index (χ1) is 10.3. The minimum absolute atomic E-state index is 0.113. The quantitative estimate of drug-likeness (QED) is 0.854. The van der Waals surface area contributed by atoms with Gasteiger partial charge >= 0.3 is 0 Å². The van der Waals surface area contributed by atoms with Gasteiger partial charge in [0, 0.05) is 0 Å². The van der Waals surface area contributed by atoms with Gasteiger partial charge in [-0.15, -0.1) is 0 Å². The maximum Gasteiger partial charge on any atom is 0.0574 e. The monoisotopic (exact) mass is 298 g/mol. The van der Waals surface area contributed by atoms with Crippen molar-refractivity contribution < 1.29 is 5.11 Å². The lowest BCUT2D eigenvalue weighted by atomic mass is 10.0. The van der Waals surface area contributed by atoms with Crippen LogP contribution < -0.4 is 10.6 Å². The molecule has 0 aromatic heterocycles. The number of hydrogen-bond acceptors (Lipinski definition) is 1. The predicted molar refractivity (Wildman–Crippen MR) is 91.9 cm³/mol. The number of benzene rings is 2. The van der Waals surface area contributed by atoms with E-state index in [1.165, 1.54) is 23.5 Å². The number of aliphatic hydroxyl groups is 1. The molecule has 1 aliphatic rings. The molecule has 21 heavy (non-hydrogen) atoms. The molecule has 0 saturated heterocycles. The van der Waals surface area contributed by atoms with E-state index < -0.39 is 7.92 Å². The van der Waals surface area contributed by atoms with Crippen LogP contribution in [0.5, 0.6) is 0 Å². The van der Waals surface area contributed by atoms with Crippen LogP contribution in [0, 0.1) is 5.92 Å². The van der Waals surface area contributed by atoms with Gasteiger partial charge in [-0.2, -0.15) is 0 Å². The van der Waals surface area contributed by atoms with E-state index in [1.54, 1.807) is 0 Å². The molecule has 0 aliphatic heterocycles. The van der Waals surface area contributed by atoms with Crippen LogP contribution in [0.15, 0.2) is 60.7 Å². The third kappa shape index (κ3) is 3.20. The molecule has 3 atom stereocenters. The lowest BCUT2D eigenvalue weighted by Gasteiger charge is -2.31. The second-order valence-electron chi connectivity index (χ2n) is 5.94. The Morgan fingerprint density at radius 2 is 1.43 bits per heavy atom. The highest BCUT2D eigenvalue weighted by Gasteiger charge is 2.35. The Bertz CT molecular complexity index is 515. The van der Waals surface area contributed by atoms with Gasteiger partial charge in [-0.1, -0.05) is 74.0 Å². The van der Waals surface area contributed by atoms with Gasteiger partial charge in [0.15, 0.2) is 0 Å². The summed E-state index contributed by atoms with van der Waals surface area (Å²) >= 11 is 0. The van der Waals surface area contributed by atoms with Crippen molar-refractivity contribution in [1.82, 2.24) is 0 Å². The van der Waals surface area contributed by atoms with E-state index in [0.717, 1.165) is 6.42 Å². The van der Waals surface area contributed by atoms with Crippen molar-refractivity contribution in [3.05, 3.63) is 60.7 Å². The van der Waals surface area contributed by atoms with Crippen LogP contribution in [-0.4, -0.2) is 16.9 Å². The summed E-state index contributed by atoms with van der Waals surface area (Å²) in [5, 5.41) is 13.2. The highest BCUT2D eigenvalue weighted by molar-refractivity contribution is 7.73. The summed E-state index contributed by atoms with van der Waals surface area (Å²) in [4.78, 5) is 0. The molecule has 0 heterocycles. The SMILES string of the molecule is C[C@@H]([C@@H]1CCC[C@@H]1O)P(c1ccccc1)c1ccccc1. The molecule has 0 amide bonds. The molecule has 0 unspecified atom stereocenters. The fourth-order valence-corrected chi connectivity index (χ4v) is 6.48. The maximum absolute atomic E-state index is 10.3. The topological polar surface area (TPSA) is 20.2 Å². The van der Waals surface area contributed by atoms with Crippen molar-refractivity contribution in [2.75, 3.05) is 0 Å². The van der Waals surface area contributed by atoms with E-state index in [0.29, 0.717) is 11.6 Å². The zero-order valence-electron chi connectivity index (χ0n) is 12.5. The summed E-state index contributed by atoms with van der Waals surface area (Å²) < 4.78 is 0. The van der Waals surface area contributed by atoms with Crippen molar-refractivity contribution in [3.8, 4) is 0 Å². The van der Waals surface area contributed by atoms with Crippen LogP contribution in [0.1, 0.15) is 26.2 Å². The van der Waals surface area contributed by atoms with E-state index >= 15 is 0 Å². The van der Waals surface area contributed by atoms with E-state index in [9.17, 15) is 5.11 Å². The number of rotatable bonds is 4. The van der Waals surface area contributed by atoms with Gasteiger partial charge in [0.05, 0.1) is 6.10 Å². The molecule has 3 rings (SSSR count). The average molecular weight is 298 g/mol. The van der Waals surface area contributed by atoms with E-state index in [1.807, 2.05) is 0 Å². The van der Waals surface area contributed by atoms with Crippen LogP contribution in [-0.2, 0) is 0 Å². The first kappa shape index (κ1) is 14.8. The Morgan fingerprint density at radius 1 is 0.905 bits per heavy atom. The minimum atomic E-state index is -0.410. The Morgan fingerprint density at radius 3 is 1.86 bits per heavy atom. The molecule has 2 aromatic carbocycles. The molecule has 1 aliphatic carbocycles. The van der Waals surface area contributed by atoms with Gasteiger partial charge in [-0.05, 0) is 42.9 Å². The van der Waals surface area contributed by atoms with E-state index in [2.05, 4.69) is 67.6 Å². The van der Waals surface area contributed by atoms with Crippen LogP contribution in [0.25, 0.3) is 0 Å². The second-order valence-corrected chi connectivity index (χ2v) is 8.53. The zero-order valence-corrected chi connectivity index (χ0v) is 13.4. The Hall–Kier alpha value is -1.17. The summed E-state index contributed by atoms with van der Waals surface area (Å²) in [6.07, 6.45) is 3.20. The zero-order chi connectivity index (χ0) is 14.7. The molecule has 1 nitrogen and oxygen atoms in total. The highest BCUT2D eigenvalue weighted by atomic mass is 31.1. The first-order valence-corrected chi connectivity index (χ1v) is 9.26. The smallest absolute Gasteiger partial charge is 0.0574 e. The standard InChI is InChI=1S/C19H23OP/c1-15(18-13-8-14-19(18)20)21(16-9-4-2-5-10-16)17-11-6-3-7-12-17/h2-7,9-12,15,18-20H,8,13-14H2,1H3/t15-,18-,19-/m0/s1. The van der Waals surface area contributed by atoms with Gasteiger partial charge in [-0.25, -0.2) is 0 Å². The molecule has 110 valence electrons. The van der Waals surface area contributed by atoms with Crippen molar-refractivity contribution in [3.63, 3.8) is 0 Å². The van der Waals surface area contributed by atoms with Gasteiger partial charge in [0.2, 0.25) is 0 Å². The van der Waals surface area contributed by atoms with E-state index in [-0.39, 0.29) is 6.10 Å². The predicted octanol–water partition coefficient (Wildman–Crippen LogP) is 3.67. The first-order valence-electron chi connectivity index (χ1n) is 7.85. The van der Waals surface area contributed by atoms with Crippen molar-refractivity contribution in [2.24, 2.45) is 5.92 Å². The molecule has 1 fully saturated rings. The Balaban J connectivity index is 1.96. The molecule has 2 aromatic rings. The Labute approximate surface area is 128 Å². The highest BCUT2D eigenvalue weighted by Crippen LogP contribution is 2.47. The van der Waals surface area contributed by atoms with Gasteiger partial charge in [0.1, 0.15) is 0 Å². The third-order valence-electron chi connectivity index (χ3n) is 4.63. The minimum Gasteiger partial charge on any atom is -0.393 e. The molecule has 0 bridgehead atoms. The number of hydrogen-bond donors (Lipinski definition) is 1. The fraction of sp³-hybridized carbons (Fsp3) is 0.368. The largest absolute Gasteiger partial charge is 0.393 e. The molecular formula is C19H23OP. The van der Waals surface area contributed by atoms with Crippen LogP contribution >= 0.6 is 7.92 Å². The van der Waals surface area contributed by atoms with E-state index in [4.69, 9.17) is 0 Å². The second kappa shape index (κ2) is 6.73. The molecule has 1 saturated carbocycles. The summed E-state index contributed by atoms with van der Waals surface area (Å²) in [6.45, 7) is 2.34. The summed E-state index contributed by atoms with van der Waals surface area (Å²) in [7, 11) is -0.410. The third-order valence-corrected chi connectivity index (χ3v) is 7.53. The Kier molecular flexibility index (Phi) is 4.73. The molecule has 0 spiro atoms. The van der Waals surface area contributed by atoms with Crippen molar-refractivity contribution in [2.45, 2.75) is 37.9 Å². The molecule has 0 radical (unpaired) electrons. The van der Waals surface area contributed by atoms with Gasteiger partial charge in [0.25, 0.3) is 0 Å². The number of aliphatic hydroxyl groups excluding tert-OH is 1. The van der Waals surface area contributed by atoms with Crippen molar-refractivity contribution in [1.29, 1.82) is 0 Å². The molecule has 1 N–H and O–H groups in total. The van der Waals surface area contributed by atoms with Crippen molar-refractivity contribution >= 4 is 18.5 Å². The summed E-state index contributed by atoms with van der Waals surface area (Å²) in [5.74, 6) is 0.441. The average Bonchev–Trinajstić information content (AvgIpc) is 2.96. The van der Waals surface area contributed by atoms with Crippen LogP contribution in [0.2, 0.25) is 0 Å². The summed E-state index contributed by atoms with van der Waals surface area (Å²) in [6, 6.07) is 21.7. The van der Waals surface area contributed by atoms with Gasteiger partial charge in [-0.3, -0.25) is 0 Å².